The van der Waals surface area contributed by atoms with Crippen LogP contribution >= 0.6 is 0 Å². The molecule has 0 aliphatic heterocycles. The first-order chi connectivity index (χ1) is 11.1. The Morgan fingerprint density at radius 3 is 2.43 bits per heavy atom. The van der Waals surface area contributed by atoms with Crippen LogP contribution in [0.1, 0.15) is 25.8 Å². The molecule has 2 aromatic rings. The van der Waals surface area contributed by atoms with Gasteiger partial charge in [0, 0.05) is 5.69 Å². The molecule has 1 atom stereocenters. The van der Waals surface area contributed by atoms with E-state index in [1.54, 1.807) is 0 Å². The summed E-state index contributed by atoms with van der Waals surface area (Å²) in [5.74, 6) is 1.34. The average molecular weight is 313 g/mol. The van der Waals surface area contributed by atoms with E-state index in [0.29, 0.717) is 18.8 Å². The van der Waals surface area contributed by atoms with Crippen molar-refractivity contribution < 1.29 is 14.3 Å². The zero-order chi connectivity index (χ0) is 16.7. The largest absolute Gasteiger partial charge is 0.494 e. The van der Waals surface area contributed by atoms with Crippen molar-refractivity contribution in [1.29, 1.82) is 0 Å². The first kappa shape index (κ1) is 16.9. The maximum Gasteiger partial charge on any atom is 0.265 e. The number of nitrogens with one attached hydrogen (secondary N) is 1. The lowest BCUT2D eigenvalue weighted by Crippen LogP contribution is -2.32. The van der Waals surface area contributed by atoms with Crippen LogP contribution in [0.3, 0.4) is 0 Å². The van der Waals surface area contributed by atoms with E-state index in [1.165, 1.54) is 0 Å². The normalized spacial score (nSPS) is 11.6. The van der Waals surface area contributed by atoms with Gasteiger partial charge in [-0.25, -0.2) is 0 Å². The minimum absolute atomic E-state index is 0.154. The average Bonchev–Trinajstić information content (AvgIpc) is 2.54. The number of amides is 1. The fourth-order valence-corrected chi connectivity index (χ4v) is 2.20. The molecule has 0 aliphatic carbocycles. The molecule has 0 aromatic heterocycles. The highest BCUT2D eigenvalue weighted by molar-refractivity contribution is 5.94. The van der Waals surface area contributed by atoms with Gasteiger partial charge in [-0.2, -0.15) is 0 Å². The monoisotopic (exact) mass is 313 g/mol. The summed E-state index contributed by atoms with van der Waals surface area (Å²) in [5.41, 5.74) is 1.83. The van der Waals surface area contributed by atoms with Gasteiger partial charge in [-0.3, -0.25) is 4.79 Å². The highest BCUT2D eigenvalue weighted by atomic mass is 16.5. The third kappa shape index (κ3) is 5.02. The van der Waals surface area contributed by atoms with Crippen LogP contribution in [0.15, 0.2) is 48.5 Å². The molecular formula is C19H23NO3. The quantitative estimate of drug-likeness (QED) is 0.833. The molecule has 2 rings (SSSR count). The molecule has 23 heavy (non-hydrogen) atoms. The molecule has 0 unspecified atom stereocenters. The summed E-state index contributed by atoms with van der Waals surface area (Å²) in [6, 6.07) is 15.0. The first-order valence-corrected chi connectivity index (χ1v) is 7.89. The Balaban J connectivity index is 1.99. The smallest absolute Gasteiger partial charge is 0.265 e. The molecule has 0 radical (unpaired) electrons. The summed E-state index contributed by atoms with van der Waals surface area (Å²) in [6.07, 6.45) is 0.0694. The van der Waals surface area contributed by atoms with Crippen LogP contribution in [0.4, 0.5) is 5.69 Å². The number of ether oxygens (including phenoxy) is 2. The van der Waals surface area contributed by atoms with Crippen molar-refractivity contribution in [3.63, 3.8) is 0 Å². The second-order valence-electron chi connectivity index (χ2n) is 5.28. The molecule has 4 heteroatoms. The van der Waals surface area contributed by atoms with Gasteiger partial charge in [-0.05, 0) is 62.2 Å². The Labute approximate surface area is 137 Å². The molecule has 1 amide bonds. The van der Waals surface area contributed by atoms with Crippen LogP contribution in [0, 0.1) is 6.92 Å². The molecule has 0 saturated heterocycles. The Hall–Kier alpha value is -2.49. The van der Waals surface area contributed by atoms with Crippen LogP contribution in [0.25, 0.3) is 0 Å². The van der Waals surface area contributed by atoms with Crippen LogP contribution < -0.4 is 14.8 Å². The van der Waals surface area contributed by atoms with Crippen molar-refractivity contribution >= 4 is 11.6 Å². The Morgan fingerprint density at radius 1 is 1.09 bits per heavy atom. The summed E-state index contributed by atoms with van der Waals surface area (Å²) >= 11 is 0. The van der Waals surface area contributed by atoms with E-state index < -0.39 is 6.10 Å². The third-order valence-electron chi connectivity index (χ3n) is 3.36. The van der Waals surface area contributed by atoms with Crippen molar-refractivity contribution in [3.05, 3.63) is 54.1 Å². The molecule has 2 aromatic carbocycles. The van der Waals surface area contributed by atoms with Gasteiger partial charge in [0.2, 0.25) is 0 Å². The number of aryl methyl sites for hydroxylation is 1. The van der Waals surface area contributed by atoms with Crippen LogP contribution in [-0.2, 0) is 4.79 Å². The van der Waals surface area contributed by atoms with Gasteiger partial charge in [0.15, 0.2) is 6.10 Å². The van der Waals surface area contributed by atoms with Crippen LogP contribution in [-0.4, -0.2) is 18.6 Å². The zero-order valence-corrected chi connectivity index (χ0v) is 13.8. The van der Waals surface area contributed by atoms with E-state index >= 15 is 0 Å². The van der Waals surface area contributed by atoms with E-state index in [4.69, 9.17) is 9.47 Å². The lowest BCUT2D eigenvalue weighted by Gasteiger charge is -2.17. The van der Waals surface area contributed by atoms with Gasteiger partial charge in [0.25, 0.3) is 5.91 Å². The van der Waals surface area contributed by atoms with Crippen molar-refractivity contribution in [1.82, 2.24) is 0 Å². The van der Waals surface area contributed by atoms with Crippen molar-refractivity contribution in [2.75, 3.05) is 11.9 Å². The SMILES string of the molecule is CCOc1ccc(NC(=O)[C@H](CC)Oc2cccc(C)c2)cc1. The molecule has 0 heterocycles. The van der Waals surface area contributed by atoms with Crippen molar-refractivity contribution in [3.8, 4) is 11.5 Å². The van der Waals surface area contributed by atoms with Crippen LogP contribution in [0.5, 0.6) is 11.5 Å². The molecule has 0 saturated carbocycles. The minimum atomic E-state index is -0.525. The molecule has 0 aliphatic rings. The van der Waals surface area contributed by atoms with E-state index in [0.717, 1.165) is 17.0 Å². The molecule has 0 spiro atoms. The topological polar surface area (TPSA) is 47.6 Å². The summed E-state index contributed by atoms with van der Waals surface area (Å²) in [4.78, 5) is 12.4. The van der Waals surface area contributed by atoms with Crippen LogP contribution in [0.2, 0.25) is 0 Å². The molecule has 4 nitrogen and oxygen atoms in total. The lowest BCUT2D eigenvalue weighted by molar-refractivity contribution is -0.122. The van der Waals surface area contributed by atoms with E-state index in [9.17, 15) is 4.79 Å². The molecular weight excluding hydrogens is 290 g/mol. The Bertz CT molecular complexity index is 637. The fraction of sp³-hybridized carbons (Fsp3) is 0.316. The number of hydrogen-bond acceptors (Lipinski definition) is 3. The third-order valence-corrected chi connectivity index (χ3v) is 3.36. The van der Waals surface area contributed by atoms with E-state index in [2.05, 4.69) is 5.32 Å². The second-order valence-corrected chi connectivity index (χ2v) is 5.28. The predicted octanol–water partition coefficient (Wildman–Crippen LogP) is 4.19. The van der Waals surface area contributed by atoms with Gasteiger partial charge in [0.05, 0.1) is 6.61 Å². The maximum atomic E-state index is 12.4. The number of carbonyl (C=O) groups excluding carboxylic acids is 1. The Kier molecular flexibility index (Phi) is 6.03. The number of rotatable bonds is 7. The maximum absolute atomic E-state index is 12.4. The number of anilines is 1. The van der Waals surface area contributed by atoms with Gasteiger partial charge in [-0.1, -0.05) is 19.1 Å². The Morgan fingerprint density at radius 2 is 1.83 bits per heavy atom. The molecule has 0 fully saturated rings. The van der Waals surface area contributed by atoms with E-state index in [1.807, 2.05) is 69.3 Å². The zero-order valence-electron chi connectivity index (χ0n) is 13.8. The summed E-state index contributed by atoms with van der Waals surface area (Å²) in [7, 11) is 0. The lowest BCUT2D eigenvalue weighted by atomic mass is 10.2. The summed E-state index contributed by atoms with van der Waals surface area (Å²) < 4.78 is 11.2. The standard InChI is InChI=1S/C19H23NO3/c1-4-18(23-17-8-6-7-14(3)13-17)19(21)20-15-9-11-16(12-10-15)22-5-2/h6-13,18H,4-5H2,1-3H3,(H,20,21)/t18-/m0/s1. The van der Waals surface area contributed by atoms with E-state index in [-0.39, 0.29) is 5.91 Å². The number of carbonyl (C=O) groups is 1. The highest BCUT2D eigenvalue weighted by Crippen LogP contribution is 2.18. The minimum Gasteiger partial charge on any atom is -0.494 e. The second kappa shape index (κ2) is 8.22. The molecule has 122 valence electrons. The molecule has 1 N–H and O–H groups in total. The number of hydrogen-bond donors (Lipinski definition) is 1. The van der Waals surface area contributed by atoms with Gasteiger partial charge in [-0.15, -0.1) is 0 Å². The summed E-state index contributed by atoms with van der Waals surface area (Å²) in [5, 5.41) is 2.88. The van der Waals surface area contributed by atoms with Gasteiger partial charge >= 0.3 is 0 Å². The fourth-order valence-electron chi connectivity index (χ4n) is 2.20. The van der Waals surface area contributed by atoms with Gasteiger partial charge in [0.1, 0.15) is 11.5 Å². The number of benzene rings is 2. The highest BCUT2D eigenvalue weighted by Gasteiger charge is 2.18. The van der Waals surface area contributed by atoms with Gasteiger partial charge < -0.3 is 14.8 Å². The summed E-state index contributed by atoms with van der Waals surface area (Å²) in [6.45, 7) is 6.48. The van der Waals surface area contributed by atoms with Crippen molar-refractivity contribution in [2.24, 2.45) is 0 Å². The predicted molar refractivity (Wildman–Crippen MR) is 92.1 cm³/mol. The first-order valence-electron chi connectivity index (χ1n) is 7.89. The van der Waals surface area contributed by atoms with Crippen molar-refractivity contribution in [2.45, 2.75) is 33.3 Å². The molecule has 0 bridgehead atoms.